The van der Waals surface area contributed by atoms with E-state index in [1.807, 2.05) is 32.0 Å². The number of benzene rings is 2. The standard InChI is InChI=1S/C23H24N6O4S/c1-4-13-28-21(16(3)24-22(31)19-8-6-5-7-15(19)2)26-27-23(28)34-14-20(30)25-17-9-11-18(12-10-17)29(32)33/h4-12,16H,1,13-14H2,2-3H3,(H,24,31)(H,25,30)/t16-/m1/s1. The number of nitro groups is 1. The van der Waals surface area contributed by atoms with E-state index >= 15 is 0 Å². The lowest BCUT2D eigenvalue weighted by Gasteiger charge is -2.16. The van der Waals surface area contributed by atoms with Gasteiger partial charge >= 0.3 is 0 Å². The van der Waals surface area contributed by atoms with Crippen LogP contribution in [0.5, 0.6) is 0 Å². The normalized spacial score (nSPS) is 11.5. The third-order valence-electron chi connectivity index (χ3n) is 4.88. The highest BCUT2D eigenvalue weighted by atomic mass is 32.2. The molecule has 2 aromatic carbocycles. The summed E-state index contributed by atoms with van der Waals surface area (Å²) in [6.45, 7) is 7.86. The van der Waals surface area contributed by atoms with Crippen molar-refractivity contribution in [2.75, 3.05) is 11.1 Å². The van der Waals surface area contributed by atoms with Crippen molar-refractivity contribution in [2.45, 2.75) is 31.6 Å². The average molecular weight is 481 g/mol. The molecule has 11 heteroatoms. The van der Waals surface area contributed by atoms with Crippen molar-refractivity contribution in [3.8, 4) is 0 Å². The van der Waals surface area contributed by atoms with Gasteiger partial charge in [0.2, 0.25) is 5.91 Å². The van der Waals surface area contributed by atoms with Crippen LogP contribution in [0, 0.1) is 17.0 Å². The van der Waals surface area contributed by atoms with Gasteiger partial charge in [-0.2, -0.15) is 0 Å². The van der Waals surface area contributed by atoms with Gasteiger partial charge in [-0.3, -0.25) is 19.7 Å². The van der Waals surface area contributed by atoms with Crippen LogP contribution in [-0.2, 0) is 11.3 Å². The van der Waals surface area contributed by atoms with Crippen molar-refractivity contribution in [2.24, 2.45) is 0 Å². The van der Waals surface area contributed by atoms with Crippen molar-refractivity contribution < 1.29 is 14.5 Å². The summed E-state index contributed by atoms with van der Waals surface area (Å²) in [5.74, 6) is 0.0842. The molecule has 0 bridgehead atoms. The molecular formula is C23H24N6O4S. The van der Waals surface area contributed by atoms with Crippen molar-refractivity contribution in [3.63, 3.8) is 0 Å². The van der Waals surface area contributed by atoms with Crippen molar-refractivity contribution in [3.05, 3.63) is 88.3 Å². The summed E-state index contributed by atoms with van der Waals surface area (Å²) < 4.78 is 1.79. The molecular weight excluding hydrogens is 456 g/mol. The van der Waals surface area contributed by atoms with Gasteiger partial charge in [0.25, 0.3) is 11.6 Å². The number of allylic oxidation sites excluding steroid dienone is 1. The van der Waals surface area contributed by atoms with Gasteiger partial charge in [-0.25, -0.2) is 0 Å². The number of rotatable bonds is 10. The molecule has 0 spiro atoms. The lowest BCUT2D eigenvalue weighted by atomic mass is 10.1. The van der Waals surface area contributed by atoms with Gasteiger partial charge in [-0.1, -0.05) is 36.0 Å². The van der Waals surface area contributed by atoms with Gasteiger partial charge in [0.1, 0.15) is 0 Å². The first-order valence-corrected chi connectivity index (χ1v) is 11.4. The number of carbonyl (C=O) groups is 2. The molecule has 34 heavy (non-hydrogen) atoms. The third-order valence-corrected chi connectivity index (χ3v) is 5.84. The predicted molar refractivity (Wildman–Crippen MR) is 130 cm³/mol. The van der Waals surface area contributed by atoms with Gasteiger partial charge in [0.05, 0.1) is 16.7 Å². The Balaban J connectivity index is 1.65. The Morgan fingerprint density at radius 1 is 1.21 bits per heavy atom. The fourth-order valence-electron chi connectivity index (χ4n) is 3.19. The lowest BCUT2D eigenvalue weighted by molar-refractivity contribution is -0.384. The molecule has 0 radical (unpaired) electrons. The molecule has 0 saturated carbocycles. The second kappa shape index (κ2) is 11.2. The number of hydrogen-bond acceptors (Lipinski definition) is 7. The van der Waals surface area contributed by atoms with Crippen LogP contribution in [0.15, 0.2) is 66.3 Å². The minimum absolute atomic E-state index is 0.0518. The zero-order chi connectivity index (χ0) is 24.7. The Hall–Kier alpha value is -3.99. The minimum Gasteiger partial charge on any atom is -0.342 e. The molecule has 1 aromatic heterocycles. The van der Waals surface area contributed by atoms with Crippen LogP contribution in [0.25, 0.3) is 0 Å². The molecule has 0 aliphatic carbocycles. The summed E-state index contributed by atoms with van der Waals surface area (Å²) in [7, 11) is 0. The Bertz CT molecular complexity index is 1210. The molecule has 0 fully saturated rings. The minimum atomic E-state index is -0.504. The average Bonchev–Trinajstić information content (AvgIpc) is 3.21. The number of anilines is 1. The molecule has 3 aromatic rings. The van der Waals surface area contributed by atoms with Crippen LogP contribution in [0.1, 0.15) is 34.7 Å². The van der Waals surface area contributed by atoms with Gasteiger partial charge in [0, 0.05) is 29.9 Å². The summed E-state index contributed by atoms with van der Waals surface area (Å²) >= 11 is 1.19. The molecule has 0 unspecified atom stereocenters. The summed E-state index contributed by atoms with van der Waals surface area (Å²) in [6, 6.07) is 12.5. The molecule has 0 saturated heterocycles. The molecule has 3 rings (SSSR count). The summed E-state index contributed by atoms with van der Waals surface area (Å²) in [5.41, 5.74) is 1.86. The third kappa shape index (κ3) is 6.07. The predicted octanol–water partition coefficient (Wildman–Crippen LogP) is 3.90. The molecule has 1 heterocycles. The first-order valence-electron chi connectivity index (χ1n) is 10.4. The maximum absolute atomic E-state index is 12.7. The van der Waals surface area contributed by atoms with Crippen molar-refractivity contribution in [1.29, 1.82) is 0 Å². The summed E-state index contributed by atoms with van der Waals surface area (Å²) in [6.07, 6.45) is 1.68. The van der Waals surface area contributed by atoms with E-state index in [0.717, 1.165) is 5.56 Å². The van der Waals surface area contributed by atoms with E-state index in [0.29, 0.717) is 28.8 Å². The quantitative estimate of drug-likeness (QED) is 0.195. The Morgan fingerprint density at radius 2 is 1.91 bits per heavy atom. The Kier molecular flexibility index (Phi) is 8.14. The van der Waals surface area contributed by atoms with E-state index in [4.69, 9.17) is 0 Å². The van der Waals surface area contributed by atoms with Gasteiger partial charge in [0.15, 0.2) is 11.0 Å². The molecule has 10 nitrogen and oxygen atoms in total. The first kappa shape index (κ1) is 24.6. The van der Waals surface area contributed by atoms with E-state index in [-0.39, 0.29) is 23.3 Å². The Morgan fingerprint density at radius 3 is 2.56 bits per heavy atom. The van der Waals surface area contributed by atoms with Gasteiger partial charge in [-0.15, -0.1) is 16.8 Å². The SMILES string of the molecule is C=CCn1c(SCC(=O)Nc2ccc([N+](=O)[O-])cc2)nnc1[C@@H](C)NC(=O)c1ccccc1C. The largest absolute Gasteiger partial charge is 0.342 e. The van der Waals surface area contributed by atoms with Crippen LogP contribution in [0.4, 0.5) is 11.4 Å². The fraction of sp³-hybridized carbons (Fsp3) is 0.217. The van der Waals surface area contributed by atoms with E-state index < -0.39 is 11.0 Å². The maximum Gasteiger partial charge on any atom is 0.269 e. The van der Waals surface area contributed by atoms with Gasteiger partial charge < -0.3 is 15.2 Å². The zero-order valence-electron chi connectivity index (χ0n) is 18.7. The highest BCUT2D eigenvalue weighted by molar-refractivity contribution is 7.99. The second-order valence-corrected chi connectivity index (χ2v) is 8.33. The van der Waals surface area contributed by atoms with E-state index in [2.05, 4.69) is 27.4 Å². The number of nitrogens with one attached hydrogen (secondary N) is 2. The van der Waals surface area contributed by atoms with Crippen LogP contribution < -0.4 is 10.6 Å². The monoisotopic (exact) mass is 480 g/mol. The number of carbonyl (C=O) groups excluding carboxylic acids is 2. The number of amides is 2. The number of hydrogen-bond donors (Lipinski definition) is 2. The van der Waals surface area contributed by atoms with E-state index in [9.17, 15) is 19.7 Å². The van der Waals surface area contributed by atoms with E-state index in [1.54, 1.807) is 16.7 Å². The molecule has 1 atom stereocenters. The zero-order valence-corrected chi connectivity index (χ0v) is 19.5. The number of thioether (sulfide) groups is 1. The summed E-state index contributed by atoms with van der Waals surface area (Å²) in [4.78, 5) is 35.3. The van der Waals surface area contributed by atoms with Gasteiger partial charge in [-0.05, 0) is 37.6 Å². The highest BCUT2D eigenvalue weighted by Gasteiger charge is 2.21. The van der Waals surface area contributed by atoms with Crippen LogP contribution in [-0.4, -0.2) is 37.3 Å². The number of nitrogens with zero attached hydrogens (tertiary/aromatic N) is 4. The maximum atomic E-state index is 12.7. The molecule has 2 amide bonds. The Labute approximate surface area is 200 Å². The molecule has 0 aliphatic rings. The number of nitro benzene ring substituents is 1. The smallest absolute Gasteiger partial charge is 0.269 e. The summed E-state index contributed by atoms with van der Waals surface area (Å²) in [5, 5.41) is 25.3. The van der Waals surface area contributed by atoms with Crippen molar-refractivity contribution >= 4 is 35.0 Å². The topological polar surface area (TPSA) is 132 Å². The second-order valence-electron chi connectivity index (χ2n) is 7.39. The van der Waals surface area contributed by atoms with Crippen molar-refractivity contribution in [1.82, 2.24) is 20.1 Å². The van der Waals surface area contributed by atoms with Crippen LogP contribution >= 0.6 is 11.8 Å². The molecule has 2 N–H and O–H groups in total. The number of non-ortho nitro benzene ring substituents is 1. The number of aromatic nitrogens is 3. The van der Waals surface area contributed by atoms with Crippen LogP contribution in [0.2, 0.25) is 0 Å². The first-order chi connectivity index (χ1) is 16.3. The highest BCUT2D eigenvalue weighted by Crippen LogP contribution is 2.22. The molecule has 176 valence electrons. The molecule has 0 aliphatic heterocycles. The van der Waals surface area contributed by atoms with Crippen LogP contribution in [0.3, 0.4) is 0 Å². The van der Waals surface area contributed by atoms with E-state index in [1.165, 1.54) is 36.0 Å². The fourth-order valence-corrected chi connectivity index (χ4v) is 3.94. The lowest BCUT2D eigenvalue weighted by Crippen LogP contribution is -2.29. The number of aryl methyl sites for hydroxylation is 1.